The molecule has 2 aromatic heterocycles. The van der Waals surface area contributed by atoms with E-state index in [0.29, 0.717) is 0 Å². The quantitative estimate of drug-likeness (QED) is 0.174. The van der Waals surface area contributed by atoms with Crippen LogP contribution in [0.25, 0.3) is 110 Å². The lowest BCUT2D eigenvalue weighted by molar-refractivity contribution is 0.670. The molecule has 11 aromatic rings. The largest absolute Gasteiger partial charge is 0.455 e. The van der Waals surface area contributed by atoms with Crippen LogP contribution in [0.2, 0.25) is 0 Å². The maximum Gasteiger partial charge on any atom is 0.143 e. The van der Waals surface area contributed by atoms with Crippen LogP contribution in [-0.4, -0.2) is 9.97 Å². The Kier molecular flexibility index (Phi) is 6.55. The molecule has 0 spiro atoms. The molecule has 0 saturated carbocycles. The van der Waals surface area contributed by atoms with Crippen LogP contribution < -0.4 is 0 Å². The number of rotatable bonds is 4. The summed E-state index contributed by atoms with van der Waals surface area (Å²) in [4.78, 5) is 10.2. The Hall–Kier alpha value is -7.10. The molecule has 53 heavy (non-hydrogen) atoms. The lowest BCUT2D eigenvalue weighted by Crippen LogP contribution is -1.92. The minimum absolute atomic E-state index is 0.858. The maximum atomic E-state index is 6.57. The first kappa shape index (κ1) is 29.6. The van der Waals surface area contributed by atoms with Crippen LogP contribution >= 0.6 is 0 Å². The minimum Gasteiger partial charge on any atom is -0.455 e. The van der Waals surface area contributed by atoms with Crippen molar-refractivity contribution < 1.29 is 4.42 Å². The second-order valence-corrected chi connectivity index (χ2v) is 13.7. The molecule has 3 heteroatoms. The molecule has 246 valence electrons. The summed E-state index contributed by atoms with van der Waals surface area (Å²) < 4.78 is 6.57. The van der Waals surface area contributed by atoms with Gasteiger partial charge < -0.3 is 4.42 Å². The number of furan rings is 1. The van der Waals surface area contributed by atoms with E-state index in [1.807, 2.05) is 6.20 Å². The lowest BCUT2D eigenvalue weighted by atomic mass is 9.94. The van der Waals surface area contributed by atoms with Crippen LogP contribution in [0, 0.1) is 0 Å². The zero-order valence-corrected chi connectivity index (χ0v) is 28.6. The number of benzene rings is 9. The zero-order chi connectivity index (χ0) is 34.9. The molecule has 0 bridgehead atoms. The van der Waals surface area contributed by atoms with Crippen molar-refractivity contribution in [3.8, 4) is 44.6 Å². The van der Waals surface area contributed by atoms with E-state index in [1.165, 1.54) is 26.9 Å². The molecule has 0 saturated heterocycles. The summed E-state index contributed by atoms with van der Waals surface area (Å²) in [5.74, 6) is 0. The Bertz CT molecular complexity index is 3210. The van der Waals surface area contributed by atoms with E-state index in [4.69, 9.17) is 14.4 Å². The molecule has 0 radical (unpaired) electrons. The molecule has 0 fully saturated rings. The van der Waals surface area contributed by atoms with Gasteiger partial charge in [0.1, 0.15) is 11.2 Å². The fourth-order valence-electron chi connectivity index (χ4n) is 8.16. The van der Waals surface area contributed by atoms with Gasteiger partial charge in [0.25, 0.3) is 0 Å². The highest BCUT2D eigenvalue weighted by Gasteiger charge is 2.16. The van der Waals surface area contributed by atoms with Crippen LogP contribution in [-0.2, 0) is 0 Å². The van der Waals surface area contributed by atoms with Crippen molar-refractivity contribution in [1.29, 1.82) is 0 Å². The number of hydrogen-bond acceptors (Lipinski definition) is 3. The van der Waals surface area contributed by atoms with Crippen molar-refractivity contribution in [3.05, 3.63) is 182 Å². The third kappa shape index (κ3) is 4.75. The molecule has 0 aliphatic carbocycles. The van der Waals surface area contributed by atoms with Gasteiger partial charge in [-0.1, -0.05) is 152 Å². The van der Waals surface area contributed by atoms with Gasteiger partial charge in [-0.05, 0) is 73.6 Å². The van der Waals surface area contributed by atoms with Crippen molar-refractivity contribution in [2.45, 2.75) is 0 Å². The van der Waals surface area contributed by atoms with Gasteiger partial charge in [0, 0.05) is 32.7 Å². The normalized spacial score (nSPS) is 11.8. The Morgan fingerprint density at radius 3 is 1.62 bits per heavy atom. The lowest BCUT2D eigenvalue weighted by Gasteiger charge is -2.11. The molecule has 11 rings (SSSR count). The summed E-state index contributed by atoms with van der Waals surface area (Å²) in [6.07, 6.45) is 1.91. The number of fused-ring (bicyclic) bond motifs is 11. The van der Waals surface area contributed by atoms with E-state index in [-0.39, 0.29) is 0 Å². The van der Waals surface area contributed by atoms with Gasteiger partial charge in [-0.25, -0.2) is 4.98 Å². The number of para-hydroxylation sites is 1. The molecule has 0 amide bonds. The van der Waals surface area contributed by atoms with Crippen molar-refractivity contribution in [1.82, 2.24) is 9.97 Å². The van der Waals surface area contributed by atoms with Gasteiger partial charge in [0.2, 0.25) is 0 Å². The van der Waals surface area contributed by atoms with Crippen LogP contribution in [0.1, 0.15) is 0 Å². The molecule has 0 atom stereocenters. The fourth-order valence-corrected chi connectivity index (χ4v) is 8.16. The van der Waals surface area contributed by atoms with Crippen molar-refractivity contribution >= 4 is 65.3 Å². The molecule has 0 aliphatic heterocycles. The van der Waals surface area contributed by atoms with E-state index in [2.05, 4.69) is 176 Å². The van der Waals surface area contributed by atoms with Crippen molar-refractivity contribution in [2.24, 2.45) is 0 Å². The van der Waals surface area contributed by atoms with Gasteiger partial charge in [-0.3, -0.25) is 4.98 Å². The maximum absolute atomic E-state index is 6.57. The fraction of sp³-hybridized carbons (Fsp3) is 0. The second-order valence-electron chi connectivity index (χ2n) is 13.7. The Morgan fingerprint density at radius 2 is 0.906 bits per heavy atom. The number of nitrogens with zero attached hydrogens (tertiary/aromatic N) is 2. The van der Waals surface area contributed by atoms with Gasteiger partial charge in [-0.2, -0.15) is 0 Å². The van der Waals surface area contributed by atoms with Gasteiger partial charge in [0.15, 0.2) is 0 Å². The predicted molar refractivity (Wildman–Crippen MR) is 221 cm³/mol. The standard InChI is InChI=1S/C50H30N2O/c1-2-18-38-31(11-1)25-26-46-47(38)44-24-10-23-39(50(44)53-46)36-16-8-14-34(28-36)32-12-7-13-33(27-32)35-15-9-17-37(29-35)45-30-51-48-42-21-5-3-19-40(42)41-20-4-6-22-43(41)49(48)52-45/h1-30H. The van der Waals surface area contributed by atoms with Crippen LogP contribution in [0.3, 0.4) is 0 Å². The van der Waals surface area contributed by atoms with E-state index in [0.717, 1.165) is 83.0 Å². The third-order valence-corrected chi connectivity index (χ3v) is 10.7. The summed E-state index contributed by atoms with van der Waals surface area (Å²) >= 11 is 0. The SMILES string of the molecule is c1cc(-c2cccc(-c3cnc4c5ccccc5c5ccccc5c4n3)c2)cc(-c2cccc(-c3cccc4c3oc3ccc5ccccc5c34)c2)c1. The molecule has 0 aliphatic rings. The first-order valence-corrected chi connectivity index (χ1v) is 18.0. The molecular formula is C50H30N2O. The van der Waals surface area contributed by atoms with Crippen molar-refractivity contribution in [2.75, 3.05) is 0 Å². The highest BCUT2D eigenvalue weighted by atomic mass is 16.3. The smallest absolute Gasteiger partial charge is 0.143 e. The Labute approximate surface area is 305 Å². The van der Waals surface area contributed by atoms with Gasteiger partial charge in [0.05, 0.1) is 22.9 Å². The molecule has 9 aromatic carbocycles. The minimum atomic E-state index is 0.858. The first-order chi connectivity index (χ1) is 26.3. The highest BCUT2D eigenvalue weighted by molar-refractivity contribution is 6.23. The van der Waals surface area contributed by atoms with Crippen LogP contribution in [0.4, 0.5) is 0 Å². The number of aromatic nitrogens is 2. The molecule has 0 unspecified atom stereocenters. The number of hydrogen-bond donors (Lipinski definition) is 0. The van der Waals surface area contributed by atoms with E-state index in [1.54, 1.807) is 0 Å². The topological polar surface area (TPSA) is 38.9 Å². The Balaban J connectivity index is 0.976. The average molecular weight is 675 g/mol. The molecule has 0 N–H and O–H groups in total. The second kappa shape index (κ2) is 11.7. The van der Waals surface area contributed by atoms with Crippen molar-refractivity contribution in [3.63, 3.8) is 0 Å². The molecule has 2 heterocycles. The summed E-state index contributed by atoms with van der Waals surface area (Å²) in [6.45, 7) is 0. The summed E-state index contributed by atoms with van der Waals surface area (Å²) in [7, 11) is 0. The van der Waals surface area contributed by atoms with E-state index >= 15 is 0 Å². The third-order valence-electron chi connectivity index (χ3n) is 10.7. The highest BCUT2D eigenvalue weighted by Crippen LogP contribution is 2.40. The summed E-state index contributed by atoms with van der Waals surface area (Å²) in [5.41, 5.74) is 12.4. The first-order valence-electron chi connectivity index (χ1n) is 18.0. The predicted octanol–water partition coefficient (Wildman–Crippen LogP) is 13.7. The van der Waals surface area contributed by atoms with Gasteiger partial charge in [-0.15, -0.1) is 0 Å². The van der Waals surface area contributed by atoms with Crippen LogP contribution in [0.15, 0.2) is 187 Å². The van der Waals surface area contributed by atoms with Crippen LogP contribution in [0.5, 0.6) is 0 Å². The molecule has 3 nitrogen and oxygen atoms in total. The van der Waals surface area contributed by atoms with E-state index in [9.17, 15) is 0 Å². The monoisotopic (exact) mass is 674 g/mol. The van der Waals surface area contributed by atoms with E-state index < -0.39 is 0 Å². The Morgan fingerprint density at radius 1 is 0.377 bits per heavy atom. The van der Waals surface area contributed by atoms with Gasteiger partial charge >= 0.3 is 0 Å². The zero-order valence-electron chi connectivity index (χ0n) is 28.6. The summed E-state index contributed by atoms with van der Waals surface area (Å²) in [5, 5.41) is 9.37. The average Bonchev–Trinajstić information content (AvgIpc) is 3.63. The molecular weight excluding hydrogens is 645 g/mol. The summed E-state index contributed by atoms with van der Waals surface area (Å²) in [6, 6.07) is 62.4.